The van der Waals surface area contributed by atoms with Crippen molar-refractivity contribution in [1.82, 2.24) is 4.90 Å². The Morgan fingerprint density at radius 2 is 1.31 bits per heavy atom. The average Bonchev–Trinajstić information content (AvgIpc) is 3.00. The van der Waals surface area contributed by atoms with E-state index in [1.54, 1.807) is 57.2 Å². The Balaban J connectivity index is 1.44. The van der Waals surface area contributed by atoms with Gasteiger partial charge >= 0.3 is 17.5 Å². The number of carbonyl (C=O) groups is 1. The van der Waals surface area contributed by atoms with Crippen LogP contribution in [0, 0.1) is 20.2 Å². The molecule has 0 bridgehead atoms. The summed E-state index contributed by atoms with van der Waals surface area (Å²) in [5.41, 5.74) is 0.768. The molecule has 2 aromatic rings. The number of likely N-dealkylation sites (tertiary alicyclic amines) is 1. The van der Waals surface area contributed by atoms with Gasteiger partial charge in [-0.05, 0) is 51.5 Å². The number of para-hydroxylation sites is 2. The van der Waals surface area contributed by atoms with Crippen LogP contribution >= 0.6 is 0 Å². The molecule has 3 fully saturated rings. The van der Waals surface area contributed by atoms with Gasteiger partial charge in [0.05, 0.1) is 36.3 Å². The summed E-state index contributed by atoms with van der Waals surface area (Å²) in [6.45, 7) is 9.65. The van der Waals surface area contributed by atoms with Gasteiger partial charge in [0.25, 0.3) is 0 Å². The molecule has 15 heteroatoms. The molecule has 2 N–H and O–H groups in total. The minimum atomic E-state index is -0.750. The van der Waals surface area contributed by atoms with Crippen molar-refractivity contribution >= 4 is 40.2 Å². The lowest BCUT2D eigenvalue weighted by molar-refractivity contribution is -0.383. The lowest BCUT2D eigenvalue weighted by Gasteiger charge is -2.41. The zero-order chi connectivity index (χ0) is 32.1. The predicted octanol–water partition coefficient (Wildman–Crippen LogP) is 4.43. The molecule has 45 heavy (non-hydrogen) atoms. The lowest BCUT2D eigenvalue weighted by atomic mass is 10.0. The van der Waals surface area contributed by atoms with Crippen LogP contribution in [0.4, 0.5) is 38.9 Å². The Morgan fingerprint density at radius 3 is 1.78 bits per heavy atom. The molecule has 0 spiro atoms. The standard InChI is InChI=1S/C30H41N7O8/c1-30(2,3)45-29(38)35-11-10-21(31-22-6-4-8-24(27(22)36(39)40)33-12-16-43-17-13-33)20-26(35)32-23-7-5-9-25(28(23)37(41)42)34-14-18-44-19-15-34/h4-9,21,26,31-32H,10-20H2,1-3H3. The number of carbonyl (C=O) groups excluding carboxylic acids is 1. The molecule has 5 rings (SSSR count). The molecule has 2 atom stereocenters. The van der Waals surface area contributed by atoms with Gasteiger partial charge in [0.1, 0.15) is 34.5 Å². The van der Waals surface area contributed by atoms with E-state index in [1.807, 2.05) is 9.80 Å². The second-order valence-electron chi connectivity index (χ2n) is 12.3. The number of nitrogens with one attached hydrogen (secondary N) is 2. The van der Waals surface area contributed by atoms with Crippen molar-refractivity contribution < 1.29 is 28.9 Å². The molecular formula is C30H41N7O8. The first-order valence-corrected chi connectivity index (χ1v) is 15.2. The number of anilines is 4. The predicted molar refractivity (Wildman–Crippen MR) is 169 cm³/mol. The number of ether oxygens (including phenoxy) is 3. The van der Waals surface area contributed by atoms with Crippen molar-refractivity contribution in [2.24, 2.45) is 0 Å². The van der Waals surface area contributed by atoms with E-state index < -0.39 is 22.8 Å². The molecule has 2 aromatic carbocycles. The van der Waals surface area contributed by atoms with Crippen LogP contribution in [0.5, 0.6) is 0 Å². The summed E-state index contributed by atoms with van der Waals surface area (Å²) < 4.78 is 16.6. The molecule has 0 aromatic heterocycles. The number of hydrogen-bond donors (Lipinski definition) is 2. The monoisotopic (exact) mass is 627 g/mol. The molecular weight excluding hydrogens is 586 g/mol. The summed E-state index contributed by atoms with van der Waals surface area (Å²) >= 11 is 0. The molecule has 3 heterocycles. The summed E-state index contributed by atoms with van der Waals surface area (Å²) in [6.07, 6.45) is -0.472. The third-order valence-corrected chi connectivity index (χ3v) is 8.01. The summed E-state index contributed by atoms with van der Waals surface area (Å²) in [5.74, 6) is 0. The summed E-state index contributed by atoms with van der Waals surface area (Å²) in [5, 5.41) is 31.4. The van der Waals surface area contributed by atoms with E-state index in [-0.39, 0.29) is 34.6 Å². The number of amides is 1. The van der Waals surface area contributed by atoms with Crippen molar-refractivity contribution in [3.63, 3.8) is 0 Å². The van der Waals surface area contributed by atoms with Crippen LogP contribution in [0.1, 0.15) is 33.6 Å². The van der Waals surface area contributed by atoms with Crippen LogP contribution in [-0.4, -0.2) is 97.8 Å². The maximum atomic E-state index is 13.4. The molecule has 2 unspecified atom stereocenters. The van der Waals surface area contributed by atoms with Gasteiger partial charge < -0.3 is 34.6 Å². The highest BCUT2D eigenvalue weighted by Gasteiger charge is 2.37. The first-order valence-electron chi connectivity index (χ1n) is 15.2. The largest absolute Gasteiger partial charge is 0.444 e. The molecule has 244 valence electrons. The van der Waals surface area contributed by atoms with E-state index in [0.29, 0.717) is 82.5 Å². The van der Waals surface area contributed by atoms with Gasteiger partial charge in [-0.1, -0.05) is 12.1 Å². The number of rotatable bonds is 8. The molecule has 0 aliphatic carbocycles. The van der Waals surface area contributed by atoms with E-state index in [2.05, 4.69) is 10.6 Å². The zero-order valence-electron chi connectivity index (χ0n) is 25.9. The van der Waals surface area contributed by atoms with Gasteiger partial charge in [0, 0.05) is 45.2 Å². The summed E-state index contributed by atoms with van der Waals surface area (Å²) in [7, 11) is 0. The minimum absolute atomic E-state index is 0.0210. The number of benzene rings is 2. The number of hydrogen-bond acceptors (Lipinski definition) is 12. The van der Waals surface area contributed by atoms with E-state index in [1.165, 1.54) is 4.90 Å². The molecule has 3 aliphatic heterocycles. The highest BCUT2D eigenvalue weighted by molar-refractivity contribution is 5.79. The average molecular weight is 628 g/mol. The zero-order valence-corrected chi connectivity index (χ0v) is 25.9. The van der Waals surface area contributed by atoms with Gasteiger partial charge in [-0.3, -0.25) is 25.1 Å². The third-order valence-electron chi connectivity index (χ3n) is 8.01. The van der Waals surface area contributed by atoms with Crippen molar-refractivity contribution in [3.05, 3.63) is 56.6 Å². The maximum Gasteiger partial charge on any atom is 0.411 e. The normalized spacial score (nSPS) is 20.8. The molecule has 15 nitrogen and oxygen atoms in total. The first kappa shape index (κ1) is 32.0. The summed E-state index contributed by atoms with van der Waals surface area (Å²) in [6, 6.07) is 10.0. The number of nitro benzene ring substituents is 2. The quantitative estimate of drug-likeness (QED) is 0.313. The van der Waals surface area contributed by atoms with Crippen LogP contribution < -0.4 is 20.4 Å². The first-order chi connectivity index (χ1) is 21.5. The molecule has 0 radical (unpaired) electrons. The van der Waals surface area contributed by atoms with Crippen molar-refractivity contribution in [3.8, 4) is 0 Å². The van der Waals surface area contributed by atoms with E-state index >= 15 is 0 Å². The topological polar surface area (TPSA) is 165 Å². The smallest absolute Gasteiger partial charge is 0.411 e. The molecule has 3 saturated heterocycles. The molecule has 1 amide bonds. The van der Waals surface area contributed by atoms with Crippen LogP contribution in [0.2, 0.25) is 0 Å². The number of nitro groups is 2. The van der Waals surface area contributed by atoms with Gasteiger partial charge in [0.2, 0.25) is 0 Å². The fourth-order valence-corrected chi connectivity index (χ4v) is 5.97. The Hall–Kier alpha value is -4.37. The van der Waals surface area contributed by atoms with E-state index in [9.17, 15) is 25.0 Å². The highest BCUT2D eigenvalue weighted by atomic mass is 16.6. The van der Waals surface area contributed by atoms with E-state index in [0.717, 1.165) is 0 Å². The molecule has 3 aliphatic rings. The Kier molecular flexibility index (Phi) is 9.77. The van der Waals surface area contributed by atoms with Crippen LogP contribution in [0.25, 0.3) is 0 Å². The highest BCUT2D eigenvalue weighted by Crippen LogP contribution is 2.39. The van der Waals surface area contributed by atoms with Crippen molar-refractivity contribution in [2.45, 2.75) is 51.4 Å². The Bertz CT molecular complexity index is 1390. The van der Waals surface area contributed by atoms with Gasteiger partial charge in [-0.25, -0.2) is 4.79 Å². The van der Waals surface area contributed by atoms with Gasteiger partial charge in [-0.15, -0.1) is 0 Å². The van der Waals surface area contributed by atoms with Crippen molar-refractivity contribution in [2.75, 3.05) is 79.6 Å². The lowest BCUT2D eigenvalue weighted by Crippen LogP contribution is -2.54. The molecule has 0 saturated carbocycles. The Labute approximate surface area is 261 Å². The number of morpholine rings is 2. The fraction of sp³-hybridized carbons (Fsp3) is 0.567. The van der Waals surface area contributed by atoms with Crippen LogP contribution in [0.3, 0.4) is 0 Å². The fourth-order valence-electron chi connectivity index (χ4n) is 5.97. The van der Waals surface area contributed by atoms with Gasteiger partial charge in [-0.2, -0.15) is 0 Å². The van der Waals surface area contributed by atoms with Crippen LogP contribution in [0.15, 0.2) is 36.4 Å². The third kappa shape index (κ3) is 7.65. The Morgan fingerprint density at radius 1 is 0.822 bits per heavy atom. The minimum Gasteiger partial charge on any atom is -0.444 e. The van der Waals surface area contributed by atoms with E-state index in [4.69, 9.17) is 14.2 Å². The SMILES string of the molecule is CC(C)(C)OC(=O)N1CCC(Nc2cccc(N3CCOCC3)c2[N+](=O)[O-])CC1Nc1cccc(N2CCOCC2)c1[N+](=O)[O-]. The van der Waals surface area contributed by atoms with Gasteiger partial charge in [0.15, 0.2) is 0 Å². The number of piperidine rings is 1. The second-order valence-corrected chi connectivity index (χ2v) is 12.3. The second kappa shape index (κ2) is 13.7. The van der Waals surface area contributed by atoms with Crippen LogP contribution in [-0.2, 0) is 14.2 Å². The van der Waals surface area contributed by atoms with Crippen molar-refractivity contribution in [1.29, 1.82) is 0 Å². The number of nitrogens with zero attached hydrogens (tertiary/aromatic N) is 5. The maximum absolute atomic E-state index is 13.4. The summed E-state index contributed by atoms with van der Waals surface area (Å²) in [4.78, 5) is 42.7.